The summed E-state index contributed by atoms with van der Waals surface area (Å²) in [5.41, 5.74) is 0.211. The molecule has 1 amide bonds. The molecule has 0 radical (unpaired) electrons. The molecule has 6 nitrogen and oxygen atoms in total. The van der Waals surface area contributed by atoms with Crippen molar-refractivity contribution in [3.63, 3.8) is 0 Å². The average molecular weight is 305 g/mol. The monoisotopic (exact) mass is 305 g/mol. The van der Waals surface area contributed by atoms with Crippen molar-refractivity contribution in [3.8, 4) is 0 Å². The van der Waals surface area contributed by atoms with Crippen LogP contribution in [0.3, 0.4) is 0 Å². The lowest BCUT2D eigenvalue weighted by Gasteiger charge is -2.37. The lowest BCUT2D eigenvalue weighted by molar-refractivity contribution is -0.0881. The van der Waals surface area contributed by atoms with Crippen LogP contribution in [0.4, 0.5) is 0 Å². The molecule has 0 bridgehead atoms. The highest BCUT2D eigenvalue weighted by Crippen LogP contribution is 2.32. The minimum absolute atomic E-state index is 0.0245. The Hall–Kier alpha value is -1.92. The first-order valence-corrected chi connectivity index (χ1v) is 7.44. The van der Waals surface area contributed by atoms with Gasteiger partial charge in [0.25, 0.3) is 5.91 Å². The predicted molar refractivity (Wildman–Crippen MR) is 78.0 cm³/mol. The molecule has 2 aliphatic heterocycles. The first-order chi connectivity index (χ1) is 10.6. The van der Waals surface area contributed by atoms with Gasteiger partial charge in [-0.3, -0.25) is 4.79 Å². The molecular formula is C16H19NO5. The predicted octanol–water partition coefficient (Wildman–Crippen LogP) is 1.45. The lowest BCUT2D eigenvalue weighted by atomic mass is 9.89. The Labute approximate surface area is 128 Å². The van der Waals surface area contributed by atoms with Crippen LogP contribution in [-0.4, -0.2) is 48.4 Å². The SMILES string of the molecule is O=C(O)c1cccc(C(=O)NC2CCOC3(CCOC3)C2)c1. The van der Waals surface area contributed by atoms with Gasteiger partial charge in [-0.2, -0.15) is 0 Å². The average Bonchev–Trinajstić information content (AvgIpc) is 2.95. The number of carbonyl (C=O) groups is 2. The molecule has 22 heavy (non-hydrogen) atoms. The maximum Gasteiger partial charge on any atom is 0.335 e. The largest absolute Gasteiger partial charge is 0.478 e. The second kappa shape index (κ2) is 6.06. The van der Waals surface area contributed by atoms with E-state index in [4.69, 9.17) is 14.6 Å². The van der Waals surface area contributed by atoms with Crippen molar-refractivity contribution in [2.45, 2.75) is 30.9 Å². The number of nitrogens with one attached hydrogen (secondary N) is 1. The highest BCUT2D eigenvalue weighted by atomic mass is 16.6. The molecule has 1 aromatic rings. The van der Waals surface area contributed by atoms with Crippen LogP contribution in [0.5, 0.6) is 0 Å². The van der Waals surface area contributed by atoms with Crippen molar-refractivity contribution in [2.75, 3.05) is 19.8 Å². The lowest BCUT2D eigenvalue weighted by Crippen LogP contribution is -2.49. The zero-order valence-corrected chi connectivity index (χ0v) is 12.2. The number of rotatable bonds is 3. The van der Waals surface area contributed by atoms with Crippen LogP contribution in [0.15, 0.2) is 24.3 Å². The van der Waals surface area contributed by atoms with Gasteiger partial charge in [-0.05, 0) is 31.0 Å². The second-order valence-corrected chi connectivity index (χ2v) is 5.88. The molecule has 2 unspecified atom stereocenters. The van der Waals surface area contributed by atoms with Crippen molar-refractivity contribution in [1.82, 2.24) is 5.32 Å². The minimum atomic E-state index is -1.04. The molecule has 1 aromatic carbocycles. The first kappa shape index (κ1) is 15.0. The van der Waals surface area contributed by atoms with Crippen LogP contribution < -0.4 is 5.32 Å². The van der Waals surface area contributed by atoms with Gasteiger partial charge in [0.15, 0.2) is 0 Å². The van der Waals surface area contributed by atoms with E-state index in [9.17, 15) is 9.59 Å². The molecule has 2 atom stereocenters. The third-order valence-electron chi connectivity index (χ3n) is 4.27. The number of ether oxygens (including phenoxy) is 2. The molecule has 2 fully saturated rings. The summed E-state index contributed by atoms with van der Waals surface area (Å²) in [6.45, 7) is 1.87. The van der Waals surface area contributed by atoms with Gasteiger partial charge in [0.2, 0.25) is 0 Å². The van der Waals surface area contributed by atoms with Gasteiger partial charge in [0, 0.05) is 31.2 Å². The summed E-state index contributed by atoms with van der Waals surface area (Å²) < 4.78 is 11.3. The van der Waals surface area contributed by atoms with E-state index < -0.39 is 5.97 Å². The molecule has 0 aliphatic carbocycles. The fourth-order valence-corrected chi connectivity index (χ4v) is 3.08. The third-order valence-corrected chi connectivity index (χ3v) is 4.27. The Balaban J connectivity index is 1.66. The molecule has 0 aromatic heterocycles. The molecule has 2 N–H and O–H groups in total. The van der Waals surface area contributed by atoms with Crippen molar-refractivity contribution >= 4 is 11.9 Å². The fraction of sp³-hybridized carbons (Fsp3) is 0.500. The van der Waals surface area contributed by atoms with E-state index >= 15 is 0 Å². The van der Waals surface area contributed by atoms with Crippen LogP contribution >= 0.6 is 0 Å². The van der Waals surface area contributed by atoms with Crippen molar-refractivity contribution in [1.29, 1.82) is 0 Å². The number of hydrogen-bond donors (Lipinski definition) is 2. The summed E-state index contributed by atoms with van der Waals surface area (Å²) >= 11 is 0. The third kappa shape index (κ3) is 3.13. The van der Waals surface area contributed by atoms with Gasteiger partial charge < -0.3 is 19.9 Å². The summed E-state index contributed by atoms with van der Waals surface area (Å²) in [6, 6.07) is 6.09. The van der Waals surface area contributed by atoms with Crippen LogP contribution in [0.25, 0.3) is 0 Å². The van der Waals surface area contributed by atoms with E-state index in [1.54, 1.807) is 12.1 Å². The Morgan fingerprint density at radius 1 is 1.27 bits per heavy atom. The molecule has 2 saturated heterocycles. The molecule has 2 aliphatic rings. The molecular weight excluding hydrogens is 286 g/mol. The van der Waals surface area contributed by atoms with Crippen LogP contribution in [-0.2, 0) is 9.47 Å². The van der Waals surface area contributed by atoms with Crippen molar-refractivity contribution < 1.29 is 24.2 Å². The fourth-order valence-electron chi connectivity index (χ4n) is 3.08. The number of benzene rings is 1. The molecule has 6 heteroatoms. The first-order valence-electron chi connectivity index (χ1n) is 7.44. The van der Waals surface area contributed by atoms with Gasteiger partial charge in [-0.25, -0.2) is 4.79 Å². The summed E-state index contributed by atoms with van der Waals surface area (Å²) in [4.78, 5) is 23.3. The Bertz CT molecular complexity index is 580. The Morgan fingerprint density at radius 2 is 2.09 bits per heavy atom. The maximum absolute atomic E-state index is 12.3. The summed E-state index contributed by atoms with van der Waals surface area (Å²) in [5.74, 6) is -1.29. The van der Waals surface area contributed by atoms with Crippen molar-refractivity contribution in [3.05, 3.63) is 35.4 Å². The number of aromatic carboxylic acids is 1. The molecule has 1 spiro atoms. The van der Waals surface area contributed by atoms with Gasteiger partial charge in [0.05, 0.1) is 17.8 Å². The summed E-state index contributed by atoms with van der Waals surface area (Å²) in [5, 5.41) is 12.0. The highest BCUT2D eigenvalue weighted by Gasteiger charge is 2.41. The Kier molecular flexibility index (Phi) is 4.13. The standard InChI is InChI=1S/C16H19NO5/c18-14(11-2-1-3-12(8-11)15(19)20)17-13-4-6-22-16(9-13)5-7-21-10-16/h1-3,8,13H,4-7,9-10H2,(H,17,18)(H,19,20). The van der Waals surface area contributed by atoms with Crippen LogP contribution in [0.1, 0.15) is 40.0 Å². The van der Waals surface area contributed by atoms with Gasteiger partial charge in [0.1, 0.15) is 0 Å². The topological polar surface area (TPSA) is 84.9 Å². The molecule has 118 valence electrons. The van der Waals surface area contributed by atoms with E-state index in [0.717, 1.165) is 19.3 Å². The van der Waals surface area contributed by atoms with E-state index in [0.29, 0.717) is 25.4 Å². The van der Waals surface area contributed by atoms with E-state index in [1.807, 2.05) is 0 Å². The maximum atomic E-state index is 12.3. The minimum Gasteiger partial charge on any atom is -0.478 e. The zero-order valence-electron chi connectivity index (χ0n) is 12.2. The number of carboxylic acids is 1. The summed E-state index contributed by atoms with van der Waals surface area (Å²) in [6.07, 6.45) is 2.34. The number of carbonyl (C=O) groups excluding carboxylic acids is 1. The van der Waals surface area contributed by atoms with Gasteiger partial charge in [-0.1, -0.05) is 6.07 Å². The van der Waals surface area contributed by atoms with Crippen LogP contribution in [0, 0.1) is 0 Å². The zero-order chi connectivity index (χ0) is 15.6. The number of hydrogen-bond acceptors (Lipinski definition) is 4. The Morgan fingerprint density at radius 3 is 2.82 bits per heavy atom. The molecule has 2 heterocycles. The van der Waals surface area contributed by atoms with E-state index in [-0.39, 0.29) is 23.1 Å². The smallest absolute Gasteiger partial charge is 0.335 e. The second-order valence-electron chi connectivity index (χ2n) is 5.88. The highest BCUT2D eigenvalue weighted by molar-refractivity contribution is 5.97. The number of amides is 1. The molecule has 0 saturated carbocycles. The van der Waals surface area contributed by atoms with Crippen molar-refractivity contribution in [2.24, 2.45) is 0 Å². The van der Waals surface area contributed by atoms with Crippen LogP contribution in [0.2, 0.25) is 0 Å². The number of carboxylic acid groups (broad SMARTS) is 1. The summed E-state index contributed by atoms with van der Waals surface area (Å²) in [7, 11) is 0. The van der Waals surface area contributed by atoms with Gasteiger partial charge in [-0.15, -0.1) is 0 Å². The quantitative estimate of drug-likeness (QED) is 0.883. The molecule has 3 rings (SSSR count). The van der Waals surface area contributed by atoms with Gasteiger partial charge >= 0.3 is 5.97 Å². The van der Waals surface area contributed by atoms with E-state index in [1.165, 1.54) is 12.1 Å². The normalized spacial score (nSPS) is 27.7. The van der Waals surface area contributed by atoms with E-state index in [2.05, 4.69) is 5.32 Å².